The van der Waals surface area contributed by atoms with Crippen LogP contribution in [0.5, 0.6) is 0 Å². The van der Waals surface area contributed by atoms with Gasteiger partial charge in [0.05, 0.1) is 6.07 Å². The molecule has 0 aromatic heterocycles. The van der Waals surface area contributed by atoms with Crippen LogP contribution in [-0.4, -0.2) is 37.1 Å². The molecule has 0 aliphatic rings. The third kappa shape index (κ3) is 216. The number of nitriles is 1. The molecule has 0 bridgehead atoms. The Kier molecular flexibility index (Phi) is 122. The normalized spacial score (nSPS) is 5.23. The number of ether oxygens (including phenoxy) is 1. The van der Waals surface area contributed by atoms with E-state index in [2.05, 4.69) is 0 Å². The van der Waals surface area contributed by atoms with Gasteiger partial charge in [-0.15, -0.1) is 0 Å². The Hall–Kier alpha value is 0.540. The van der Waals surface area contributed by atoms with Gasteiger partial charge in [0.2, 0.25) is 0 Å². The van der Waals surface area contributed by atoms with Gasteiger partial charge in [-0.25, -0.2) is 0 Å². The largest absolute Gasteiger partial charge is 1.00 e. The molecule has 0 aromatic carbocycles. The van der Waals surface area contributed by atoms with Crippen molar-refractivity contribution in [3.63, 3.8) is 0 Å². The van der Waals surface area contributed by atoms with Gasteiger partial charge in [0.1, 0.15) is 0 Å². The molecule has 0 aliphatic heterocycles. The van der Waals surface area contributed by atoms with E-state index in [9.17, 15) is 0 Å². The molecule has 0 aromatic rings. The van der Waals surface area contributed by atoms with Gasteiger partial charge in [-0.1, -0.05) is 6.92 Å². The second-order valence-electron chi connectivity index (χ2n) is 1.41. The van der Waals surface area contributed by atoms with Crippen molar-refractivity contribution in [2.45, 2.75) is 27.7 Å². The van der Waals surface area contributed by atoms with Gasteiger partial charge in [0.15, 0.2) is 17.4 Å². The fourth-order valence-corrected chi connectivity index (χ4v) is 0.204. The van der Waals surface area contributed by atoms with Crippen molar-refractivity contribution in [2.24, 2.45) is 5.73 Å². The molecule has 0 fully saturated rings. The summed E-state index contributed by atoms with van der Waals surface area (Å²) in [5.74, 6) is 0. The van der Waals surface area contributed by atoms with Gasteiger partial charge in [-0.2, -0.15) is 5.26 Å². The first-order valence-electron chi connectivity index (χ1n) is 3.83. The molecule has 0 heterocycles. The van der Waals surface area contributed by atoms with Crippen LogP contribution in [0.3, 0.4) is 0 Å². The van der Waals surface area contributed by atoms with E-state index in [-0.39, 0.29) is 37.6 Å². The molecule has 0 atom stereocenters. The molecule has 2 N–H and O–H groups in total. The van der Waals surface area contributed by atoms with Crippen molar-refractivity contribution in [3.8, 4) is 6.07 Å². The first kappa shape index (κ1) is 29.2. The number of hydrogen-bond acceptors (Lipinski definition) is 3. The summed E-state index contributed by atoms with van der Waals surface area (Å²) in [7, 11) is 0. The number of nitrogens with two attached hydrogens (primary N) is 1. The van der Waals surface area contributed by atoms with Crippen molar-refractivity contribution in [3.05, 3.63) is 0 Å². The molecule has 76 valence electrons. The maximum absolute atomic E-state index is 7.32. The monoisotopic (exact) mass is 198 g/mol. The van der Waals surface area contributed by atoms with Crippen molar-refractivity contribution >= 4 is 17.4 Å². The van der Waals surface area contributed by atoms with Crippen LogP contribution in [0.2, 0.25) is 0 Å². The Balaban J connectivity index is -0.0000000162. The zero-order chi connectivity index (χ0) is 9.54. The standard InChI is InChI=1S/C4H10O.C2H7N.C2H3N.Al.Li.4H/c1-3-5-4-2;2*1-2-3;;;;;;/h3-4H2,1-2H3;2-3H2,1H3;1H3;;;;;;/q;;;;+1;;;;-1. The van der Waals surface area contributed by atoms with E-state index < -0.39 is 0 Å². The Morgan fingerprint density at radius 1 is 1.31 bits per heavy atom. The van der Waals surface area contributed by atoms with Crippen LogP contribution in [0.25, 0.3) is 0 Å². The minimum atomic E-state index is 0. The van der Waals surface area contributed by atoms with Crippen LogP contribution in [0, 0.1) is 11.3 Å². The minimum absolute atomic E-state index is 0. The van der Waals surface area contributed by atoms with Crippen LogP contribution in [0.1, 0.15) is 29.1 Å². The minimum Gasteiger partial charge on any atom is -1.00 e. The topological polar surface area (TPSA) is 59.0 Å². The van der Waals surface area contributed by atoms with Crippen LogP contribution in [-0.2, 0) is 4.74 Å². The van der Waals surface area contributed by atoms with Gasteiger partial charge in [-0.05, 0) is 20.4 Å². The van der Waals surface area contributed by atoms with Gasteiger partial charge >= 0.3 is 18.9 Å². The third-order valence-corrected chi connectivity index (χ3v) is 0.408. The van der Waals surface area contributed by atoms with E-state index >= 15 is 0 Å². The summed E-state index contributed by atoms with van der Waals surface area (Å²) in [6.45, 7) is 9.75. The zero-order valence-corrected chi connectivity index (χ0v) is 9.05. The van der Waals surface area contributed by atoms with E-state index in [1.807, 2.05) is 20.8 Å². The molecular weight excluding hydrogens is 174 g/mol. The smallest absolute Gasteiger partial charge is 1.00 e. The second kappa shape index (κ2) is 54.4. The zero-order valence-electron chi connectivity index (χ0n) is 10.1. The summed E-state index contributed by atoms with van der Waals surface area (Å²) < 4.78 is 4.83. The van der Waals surface area contributed by atoms with Crippen molar-refractivity contribution in [1.82, 2.24) is 0 Å². The van der Waals surface area contributed by atoms with Gasteiger partial charge in [0.25, 0.3) is 0 Å². The van der Waals surface area contributed by atoms with Crippen molar-refractivity contribution < 1.29 is 25.0 Å². The summed E-state index contributed by atoms with van der Waals surface area (Å²) >= 11 is 0. The average molecular weight is 198 g/mol. The summed E-state index contributed by atoms with van der Waals surface area (Å²) in [4.78, 5) is 0. The van der Waals surface area contributed by atoms with E-state index in [1.165, 1.54) is 6.92 Å². The fourth-order valence-electron chi connectivity index (χ4n) is 0.204. The quantitative estimate of drug-likeness (QED) is 0.498. The SMILES string of the molecule is CC#N.CCN.CCOCC.[AlH3].[H-].[Li+]. The first-order valence-corrected chi connectivity index (χ1v) is 3.83. The van der Waals surface area contributed by atoms with Crippen molar-refractivity contribution in [2.75, 3.05) is 19.8 Å². The van der Waals surface area contributed by atoms with E-state index in [4.69, 9.17) is 15.7 Å². The molecule has 0 unspecified atom stereocenters. The summed E-state index contributed by atoms with van der Waals surface area (Å²) in [5, 5.41) is 7.32. The van der Waals surface area contributed by atoms with Crippen molar-refractivity contribution in [1.29, 1.82) is 5.26 Å². The molecule has 0 rings (SSSR count). The Morgan fingerprint density at radius 2 is 1.46 bits per heavy atom. The van der Waals surface area contributed by atoms with Crippen LogP contribution in [0.15, 0.2) is 0 Å². The molecule has 0 aliphatic carbocycles. The number of rotatable bonds is 2. The molecule has 13 heavy (non-hydrogen) atoms. The first-order chi connectivity index (χ1) is 5.24. The van der Waals surface area contributed by atoms with E-state index in [1.54, 1.807) is 6.07 Å². The summed E-state index contributed by atoms with van der Waals surface area (Å²) in [5.41, 5.74) is 4.85. The Morgan fingerprint density at radius 3 is 1.46 bits per heavy atom. The van der Waals surface area contributed by atoms with Crippen LogP contribution < -0.4 is 24.6 Å². The number of hydrogen-bond donors (Lipinski definition) is 1. The maximum Gasteiger partial charge on any atom is 1.00 e. The Labute approximate surface area is 107 Å². The molecule has 0 radical (unpaired) electrons. The second-order valence-corrected chi connectivity index (χ2v) is 1.41. The van der Waals surface area contributed by atoms with Gasteiger partial charge in [0, 0.05) is 20.1 Å². The van der Waals surface area contributed by atoms with Crippen LogP contribution >= 0.6 is 0 Å². The maximum atomic E-state index is 7.32. The average Bonchev–Trinajstić information content (AvgIpc) is 1.92. The molecule has 0 amide bonds. The molecular formula is C8H24AlLiN2O. The molecule has 0 saturated heterocycles. The van der Waals surface area contributed by atoms with E-state index in [0.29, 0.717) is 0 Å². The molecule has 0 saturated carbocycles. The molecule has 3 nitrogen and oxygen atoms in total. The number of nitrogens with zero attached hydrogens (tertiary/aromatic N) is 1. The molecule has 5 heteroatoms. The summed E-state index contributed by atoms with van der Waals surface area (Å²) in [6, 6.07) is 1.75. The predicted octanol–water partition coefficient (Wildman–Crippen LogP) is -2.53. The van der Waals surface area contributed by atoms with Gasteiger partial charge < -0.3 is 11.9 Å². The molecule has 0 spiro atoms. The van der Waals surface area contributed by atoms with Crippen LogP contribution in [0.4, 0.5) is 0 Å². The third-order valence-electron chi connectivity index (χ3n) is 0.408. The summed E-state index contributed by atoms with van der Waals surface area (Å²) in [6.07, 6.45) is 0. The Bertz CT molecular complexity index is 82.2. The van der Waals surface area contributed by atoms with Gasteiger partial charge in [-0.3, -0.25) is 0 Å². The fraction of sp³-hybridized carbons (Fsp3) is 0.875. The van der Waals surface area contributed by atoms with E-state index in [0.717, 1.165) is 19.8 Å². The predicted molar refractivity (Wildman–Crippen MR) is 59.2 cm³/mol.